The molecule has 0 aromatic heterocycles. The Labute approximate surface area is 133 Å². The topological polar surface area (TPSA) is 54.4 Å². The van der Waals surface area contributed by atoms with Crippen LogP contribution in [-0.2, 0) is 16.5 Å². The van der Waals surface area contributed by atoms with E-state index < -0.39 is 10.1 Å². The van der Waals surface area contributed by atoms with Crippen LogP contribution >= 0.6 is 0 Å². The Morgan fingerprint density at radius 1 is 1.27 bits per heavy atom. The number of benzene rings is 1. The molecular weight excluding hydrogens is 239 g/mol. The van der Waals surface area contributed by atoms with Crippen LogP contribution in [0.1, 0.15) is 25.3 Å². The minimum absolute atomic E-state index is 0. The van der Waals surface area contributed by atoms with E-state index >= 15 is 0 Å². The van der Waals surface area contributed by atoms with E-state index in [9.17, 15) is 8.42 Å². The zero-order valence-corrected chi connectivity index (χ0v) is 8.92. The second-order valence-corrected chi connectivity index (χ2v) is 4.58. The molecule has 0 amide bonds. The summed E-state index contributed by atoms with van der Waals surface area (Å²) in [4.78, 5) is 0.0356. The van der Waals surface area contributed by atoms with Gasteiger partial charge in [-0.1, -0.05) is 31.5 Å². The maximum absolute atomic E-state index is 11.0. The van der Waals surface area contributed by atoms with Gasteiger partial charge in [0.15, 0.2) is 0 Å². The summed E-state index contributed by atoms with van der Waals surface area (Å²) in [7, 11) is -4.06. The summed E-state index contributed by atoms with van der Waals surface area (Å²) in [6.07, 6.45) is 2.61. The van der Waals surface area contributed by atoms with E-state index in [1.54, 1.807) is 18.2 Å². The average Bonchev–Trinajstić information content (AvgIpc) is 2.14. The zero-order chi connectivity index (χ0) is 10.6. The molecule has 80 valence electrons. The van der Waals surface area contributed by atoms with Crippen LogP contribution in [0, 0.1) is 0 Å². The first-order chi connectivity index (χ1) is 6.55. The summed E-state index contributed by atoms with van der Waals surface area (Å²) in [5, 5.41) is 0. The van der Waals surface area contributed by atoms with Crippen molar-refractivity contribution in [2.75, 3.05) is 0 Å². The number of hydrogen-bond donors (Lipinski definition) is 1. The van der Waals surface area contributed by atoms with E-state index in [-0.39, 0.29) is 56.3 Å². The molecule has 1 N–H and O–H groups in total. The Balaban J connectivity index is 0.00000196. The molecule has 15 heavy (non-hydrogen) atoms. The Morgan fingerprint density at radius 3 is 2.40 bits per heavy atom. The summed E-state index contributed by atoms with van der Waals surface area (Å²) < 4.78 is 30.9. The van der Waals surface area contributed by atoms with Gasteiger partial charge in [0.05, 0.1) is 4.90 Å². The van der Waals surface area contributed by atoms with Crippen LogP contribution in [0.5, 0.6) is 0 Å². The van der Waals surface area contributed by atoms with Gasteiger partial charge in [-0.2, -0.15) is 8.42 Å². The van der Waals surface area contributed by atoms with E-state index in [4.69, 9.17) is 4.55 Å². The first-order valence-electron chi connectivity index (χ1n) is 4.61. The quantitative estimate of drug-likeness (QED) is 0.656. The van der Waals surface area contributed by atoms with Crippen molar-refractivity contribution in [2.45, 2.75) is 31.1 Å². The number of aryl methyl sites for hydroxylation is 1. The maximum atomic E-state index is 11.0. The Bertz CT molecular complexity index is 401. The minimum atomic E-state index is -4.06. The molecular formula is C10H15KO3S. The van der Waals surface area contributed by atoms with Crippen molar-refractivity contribution in [2.24, 2.45) is 0 Å². The normalized spacial score (nSPS) is 10.8. The Hall–Kier alpha value is 0.766. The molecule has 0 aliphatic rings. The van der Waals surface area contributed by atoms with Crippen molar-refractivity contribution in [1.82, 2.24) is 0 Å². The van der Waals surface area contributed by atoms with Crippen molar-refractivity contribution in [3.05, 3.63) is 29.8 Å². The molecule has 0 atom stereocenters. The molecule has 0 saturated carbocycles. The molecule has 1 rings (SSSR count). The SMILES string of the molecule is CCCCc1ccccc1S(=O)(=O)O.[KH]. The van der Waals surface area contributed by atoms with Crippen LogP contribution in [0.25, 0.3) is 0 Å². The van der Waals surface area contributed by atoms with E-state index in [0.29, 0.717) is 12.0 Å². The van der Waals surface area contributed by atoms with Gasteiger partial charge < -0.3 is 0 Å². The van der Waals surface area contributed by atoms with Gasteiger partial charge in [-0.3, -0.25) is 4.55 Å². The fraction of sp³-hybridized carbons (Fsp3) is 0.400. The predicted octanol–water partition coefficient (Wildman–Crippen LogP) is 1.63. The van der Waals surface area contributed by atoms with Crippen LogP contribution in [-0.4, -0.2) is 64.4 Å². The van der Waals surface area contributed by atoms with Gasteiger partial charge in [-0.05, 0) is 24.5 Å². The van der Waals surface area contributed by atoms with Gasteiger partial charge in [0.25, 0.3) is 10.1 Å². The van der Waals surface area contributed by atoms with Crippen LogP contribution < -0.4 is 0 Å². The average molecular weight is 254 g/mol. The molecule has 0 spiro atoms. The van der Waals surface area contributed by atoms with Crippen LogP contribution in [0.3, 0.4) is 0 Å². The fourth-order valence-electron chi connectivity index (χ4n) is 1.33. The van der Waals surface area contributed by atoms with Crippen LogP contribution in [0.2, 0.25) is 0 Å². The molecule has 0 unspecified atom stereocenters. The molecule has 5 heteroatoms. The second kappa shape index (κ2) is 7.16. The van der Waals surface area contributed by atoms with Crippen LogP contribution in [0.4, 0.5) is 0 Å². The Kier molecular flexibility index (Phi) is 7.53. The van der Waals surface area contributed by atoms with Gasteiger partial charge in [0.2, 0.25) is 0 Å². The summed E-state index contributed by atoms with van der Waals surface area (Å²) in [6.45, 7) is 2.04. The summed E-state index contributed by atoms with van der Waals surface area (Å²) in [6, 6.07) is 6.55. The van der Waals surface area contributed by atoms with Crippen LogP contribution in [0.15, 0.2) is 29.2 Å². The molecule has 0 radical (unpaired) electrons. The van der Waals surface area contributed by atoms with Gasteiger partial charge >= 0.3 is 51.4 Å². The van der Waals surface area contributed by atoms with Gasteiger partial charge in [0.1, 0.15) is 0 Å². The van der Waals surface area contributed by atoms with Crippen molar-refractivity contribution >= 4 is 61.5 Å². The van der Waals surface area contributed by atoms with Gasteiger partial charge in [0, 0.05) is 0 Å². The fourth-order valence-corrected chi connectivity index (χ4v) is 2.08. The van der Waals surface area contributed by atoms with E-state index in [1.165, 1.54) is 6.07 Å². The van der Waals surface area contributed by atoms with E-state index in [1.807, 2.05) is 6.92 Å². The third kappa shape index (κ3) is 5.08. The first-order valence-corrected chi connectivity index (χ1v) is 6.05. The van der Waals surface area contributed by atoms with Gasteiger partial charge in [-0.15, -0.1) is 0 Å². The molecule has 0 heterocycles. The number of rotatable bonds is 4. The summed E-state index contributed by atoms with van der Waals surface area (Å²) in [5.74, 6) is 0. The van der Waals surface area contributed by atoms with Crippen molar-refractivity contribution < 1.29 is 13.0 Å². The van der Waals surface area contributed by atoms with E-state index in [2.05, 4.69) is 0 Å². The molecule has 1 aromatic carbocycles. The molecule has 3 nitrogen and oxygen atoms in total. The molecule has 0 fully saturated rings. The summed E-state index contributed by atoms with van der Waals surface area (Å²) >= 11 is 0. The Morgan fingerprint density at radius 2 is 1.87 bits per heavy atom. The van der Waals surface area contributed by atoms with Gasteiger partial charge in [-0.25, -0.2) is 0 Å². The van der Waals surface area contributed by atoms with E-state index in [0.717, 1.165) is 12.8 Å². The second-order valence-electron chi connectivity index (χ2n) is 3.19. The first kappa shape index (κ1) is 15.8. The third-order valence-electron chi connectivity index (χ3n) is 2.05. The standard InChI is InChI=1S/C10H14O3S.K.H/c1-2-3-6-9-7-4-5-8-10(9)14(11,12)13;;/h4-5,7-8H,2-3,6H2,1H3,(H,11,12,13);;. The molecule has 1 aromatic rings. The molecule has 0 aliphatic carbocycles. The third-order valence-corrected chi connectivity index (χ3v) is 3.00. The summed E-state index contributed by atoms with van der Waals surface area (Å²) in [5.41, 5.74) is 0.692. The van der Waals surface area contributed by atoms with Crippen molar-refractivity contribution in [3.63, 3.8) is 0 Å². The monoisotopic (exact) mass is 254 g/mol. The number of hydrogen-bond acceptors (Lipinski definition) is 2. The van der Waals surface area contributed by atoms with Crippen molar-refractivity contribution in [1.29, 1.82) is 0 Å². The zero-order valence-electron chi connectivity index (χ0n) is 8.10. The molecule has 0 aliphatic heterocycles. The predicted molar refractivity (Wildman–Crippen MR) is 62.0 cm³/mol. The number of unbranched alkanes of at least 4 members (excludes halogenated alkanes) is 1. The molecule has 0 saturated heterocycles. The molecule has 0 bridgehead atoms. The van der Waals surface area contributed by atoms with Crippen molar-refractivity contribution in [3.8, 4) is 0 Å².